The maximum atomic E-state index is 11.1. The van der Waals surface area contributed by atoms with E-state index in [4.69, 9.17) is 14.0 Å². The van der Waals surface area contributed by atoms with Crippen molar-refractivity contribution in [3.05, 3.63) is 0 Å². The molecule has 0 aromatic carbocycles. The molecule has 2 N–H and O–H groups in total. The lowest BCUT2D eigenvalue weighted by molar-refractivity contribution is 0.0498. The maximum Gasteiger partial charge on any atom is 0.407 e. The average molecular weight is 178 g/mol. The number of aliphatic hydroxyl groups excluding tert-OH is 1. The van der Waals surface area contributed by atoms with Crippen molar-refractivity contribution in [1.82, 2.24) is 5.32 Å². The van der Waals surface area contributed by atoms with E-state index < -0.39 is 24.7 Å². The first-order valence-electron chi connectivity index (χ1n) is 5.17. The van der Waals surface area contributed by atoms with E-state index in [9.17, 15) is 4.79 Å². The predicted molar refractivity (Wildman–Crippen MR) is 45.9 cm³/mol. The van der Waals surface area contributed by atoms with Gasteiger partial charge in [-0.2, -0.15) is 0 Å². The molecule has 4 nitrogen and oxygen atoms in total. The van der Waals surface area contributed by atoms with Gasteiger partial charge < -0.3 is 15.2 Å². The van der Waals surface area contributed by atoms with E-state index in [-0.39, 0.29) is 6.54 Å². The zero-order valence-corrected chi connectivity index (χ0v) is 7.55. The SMILES string of the molecule is [2H]C([2H])([2H])C(O)CNC(=O)OC(C)(C)C. The van der Waals surface area contributed by atoms with Crippen molar-refractivity contribution in [3.8, 4) is 0 Å². The van der Waals surface area contributed by atoms with E-state index in [1.165, 1.54) is 0 Å². The van der Waals surface area contributed by atoms with E-state index in [0.29, 0.717) is 0 Å². The van der Waals surface area contributed by atoms with Crippen LogP contribution in [0.4, 0.5) is 4.79 Å². The van der Waals surface area contributed by atoms with E-state index in [0.717, 1.165) is 0 Å². The molecular weight excluding hydrogens is 158 g/mol. The van der Waals surface area contributed by atoms with Gasteiger partial charge in [-0.05, 0) is 27.6 Å². The van der Waals surface area contributed by atoms with Gasteiger partial charge in [-0.1, -0.05) is 0 Å². The van der Waals surface area contributed by atoms with Crippen LogP contribution in [0.2, 0.25) is 0 Å². The van der Waals surface area contributed by atoms with Gasteiger partial charge in [-0.25, -0.2) is 4.79 Å². The highest BCUT2D eigenvalue weighted by molar-refractivity contribution is 5.67. The Morgan fingerprint density at radius 2 is 2.33 bits per heavy atom. The lowest BCUT2D eigenvalue weighted by atomic mass is 10.2. The number of carbonyl (C=O) groups excluding carboxylic acids is 1. The third kappa shape index (κ3) is 7.34. The fourth-order valence-corrected chi connectivity index (χ4v) is 0.494. The van der Waals surface area contributed by atoms with Gasteiger partial charge in [0.05, 0.1) is 6.10 Å². The van der Waals surface area contributed by atoms with Gasteiger partial charge in [-0.15, -0.1) is 0 Å². The first-order valence-corrected chi connectivity index (χ1v) is 3.67. The average Bonchev–Trinajstić information content (AvgIpc) is 1.94. The van der Waals surface area contributed by atoms with Crippen molar-refractivity contribution >= 4 is 6.09 Å². The zero-order chi connectivity index (χ0) is 12.3. The van der Waals surface area contributed by atoms with Crippen molar-refractivity contribution in [3.63, 3.8) is 0 Å². The van der Waals surface area contributed by atoms with Gasteiger partial charge in [0.2, 0.25) is 0 Å². The highest BCUT2D eigenvalue weighted by atomic mass is 16.6. The Balaban J connectivity index is 3.92. The molecule has 0 aliphatic heterocycles. The molecule has 0 fully saturated rings. The van der Waals surface area contributed by atoms with Crippen LogP contribution in [0.15, 0.2) is 0 Å². The number of nitrogens with one attached hydrogen (secondary N) is 1. The van der Waals surface area contributed by atoms with Gasteiger partial charge in [0.15, 0.2) is 0 Å². The molecule has 0 rings (SSSR count). The van der Waals surface area contributed by atoms with Gasteiger partial charge in [0.25, 0.3) is 0 Å². The summed E-state index contributed by atoms with van der Waals surface area (Å²) in [5, 5.41) is 11.3. The number of alkyl carbamates (subject to hydrolysis) is 1. The Kier molecular flexibility index (Phi) is 2.41. The summed E-state index contributed by atoms with van der Waals surface area (Å²) in [6.45, 7) is 2.22. The Hall–Kier alpha value is -0.770. The van der Waals surface area contributed by atoms with Crippen LogP contribution >= 0.6 is 0 Å². The second-order valence-electron chi connectivity index (χ2n) is 3.40. The molecule has 0 spiro atoms. The summed E-state index contributed by atoms with van der Waals surface area (Å²) >= 11 is 0. The first kappa shape index (κ1) is 6.71. The minimum atomic E-state index is -2.49. The van der Waals surface area contributed by atoms with Crippen LogP contribution in [0.5, 0.6) is 0 Å². The Morgan fingerprint density at radius 3 is 2.75 bits per heavy atom. The maximum absolute atomic E-state index is 11.1. The summed E-state index contributed by atoms with van der Waals surface area (Å²) in [5.74, 6) is 0. The van der Waals surface area contributed by atoms with Crippen LogP contribution in [0.3, 0.4) is 0 Å². The van der Waals surface area contributed by atoms with Crippen molar-refractivity contribution in [2.24, 2.45) is 0 Å². The molecule has 1 unspecified atom stereocenters. The van der Waals surface area contributed by atoms with Crippen LogP contribution in [-0.4, -0.2) is 29.4 Å². The van der Waals surface area contributed by atoms with Crippen molar-refractivity contribution in [1.29, 1.82) is 0 Å². The molecular formula is C8H17NO3. The number of rotatable bonds is 2. The minimum Gasteiger partial charge on any atom is -0.444 e. The van der Waals surface area contributed by atoms with E-state index >= 15 is 0 Å². The number of aliphatic hydroxyl groups is 1. The Bertz CT molecular complexity index is 222. The molecule has 4 heteroatoms. The van der Waals surface area contributed by atoms with E-state index in [1.807, 2.05) is 0 Å². The monoisotopic (exact) mass is 178 g/mol. The van der Waals surface area contributed by atoms with Crippen LogP contribution in [0, 0.1) is 0 Å². The Labute approximate surface area is 77.1 Å². The van der Waals surface area contributed by atoms with Crippen LogP contribution < -0.4 is 5.32 Å². The normalized spacial score (nSPS) is 18.5. The summed E-state index contributed by atoms with van der Waals surface area (Å²) in [5.41, 5.74) is -0.644. The van der Waals surface area contributed by atoms with Gasteiger partial charge in [0.1, 0.15) is 5.60 Å². The molecule has 1 atom stereocenters. The minimum absolute atomic E-state index is 0.356. The summed E-state index contributed by atoms with van der Waals surface area (Å²) < 4.78 is 25.4. The van der Waals surface area contributed by atoms with Gasteiger partial charge in [0, 0.05) is 10.7 Å². The zero-order valence-electron chi connectivity index (χ0n) is 10.5. The van der Waals surface area contributed by atoms with Gasteiger partial charge in [-0.3, -0.25) is 0 Å². The summed E-state index contributed by atoms with van der Waals surface area (Å²) in [4.78, 5) is 11.1. The second kappa shape index (κ2) is 4.30. The first-order chi connectivity index (χ1) is 6.52. The molecule has 0 heterocycles. The standard InChI is InChI=1S/C8H17NO3/c1-6(10)5-9-7(11)12-8(2,3)4/h6,10H,5H2,1-4H3,(H,9,11)/i1D3. The van der Waals surface area contributed by atoms with Crippen molar-refractivity contribution in [2.75, 3.05) is 6.54 Å². The molecule has 0 saturated heterocycles. The fourth-order valence-electron chi connectivity index (χ4n) is 0.494. The number of ether oxygens (including phenoxy) is 1. The molecule has 72 valence electrons. The quantitative estimate of drug-likeness (QED) is 0.660. The largest absolute Gasteiger partial charge is 0.444 e. The summed E-state index contributed by atoms with van der Waals surface area (Å²) in [6.07, 6.45) is -2.32. The second-order valence-corrected chi connectivity index (χ2v) is 3.40. The van der Waals surface area contributed by atoms with Crippen molar-refractivity contribution < 1.29 is 18.8 Å². The number of hydrogen-bond acceptors (Lipinski definition) is 3. The third-order valence-corrected chi connectivity index (χ3v) is 0.839. The number of hydrogen-bond donors (Lipinski definition) is 2. The Morgan fingerprint density at radius 1 is 1.75 bits per heavy atom. The number of carbonyl (C=O) groups is 1. The molecule has 0 bridgehead atoms. The fraction of sp³-hybridized carbons (Fsp3) is 0.875. The molecule has 0 radical (unpaired) electrons. The highest BCUT2D eigenvalue weighted by Crippen LogP contribution is 2.06. The topological polar surface area (TPSA) is 58.6 Å². The molecule has 0 aliphatic carbocycles. The predicted octanol–water partition coefficient (Wildman–Crippen LogP) is 0.892. The molecule has 0 saturated carbocycles. The summed E-state index contributed by atoms with van der Waals surface area (Å²) in [6, 6.07) is 0. The van der Waals surface area contributed by atoms with Crippen molar-refractivity contribution in [2.45, 2.75) is 39.3 Å². The molecule has 12 heavy (non-hydrogen) atoms. The van der Waals surface area contributed by atoms with Crippen LogP contribution in [0.1, 0.15) is 31.7 Å². The lowest BCUT2D eigenvalue weighted by Gasteiger charge is -2.19. The summed E-state index contributed by atoms with van der Waals surface area (Å²) in [7, 11) is 0. The van der Waals surface area contributed by atoms with Crippen LogP contribution in [-0.2, 0) is 4.74 Å². The smallest absolute Gasteiger partial charge is 0.407 e. The molecule has 0 aliphatic rings. The molecule has 0 aromatic heterocycles. The lowest BCUT2D eigenvalue weighted by Crippen LogP contribution is -2.36. The van der Waals surface area contributed by atoms with E-state index in [1.54, 1.807) is 20.8 Å². The van der Waals surface area contributed by atoms with E-state index in [2.05, 4.69) is 5.32 Å². The third-order valence-electron chi connectivity index (χ3n) is 0.839. The van der Waals surface area contributed by atoms with Gasteiger partial charge >= 0.3 is 6.09 Å². The molecule has 0 aromatic rings. The highest BCUT2D eigenvalue weighted by Gasteiger charge is 2.15. The van der Waals surface area contributed by atoms with Crippen LogP contribution in [0.25, 0.3) is 0 Å². The number of amides is 1. The molecule has 1 amide bonds.